The first-order valence-electron chi connectivity index (χ1n) is 6.95. The summed E-state index contributed by atoms with van der Waals surface area (Å²) < 4.78 is 23.0. The number of rotatable bonds is 3. The molecule has 0 fully saturated rings. The predicted octanol–water partition coefficient (Wildman–Crippen LogP) is 2.70. The van der Waals surface area contributed by atoms with Crippen LogP contribution in [0, 0.1) is 11.8 Å². The van der Waals surface area contributed by atoms with Gasteiger partial charge in [0, 0.05) is 18.1 Å². The molecule has 0 saturated heterocycles. The van der Waals surface area contributed by atoms with E-state index in [1.54, 1.807) is 41.3 Å². The summed E-state index contributed by atoms with van der Waals surface area (Å²) in [6.45, 7) is 0. The number of benzene rings is 1. The molecule has 0 amide bonds. The van der Waals surface area contributed by atoms with E-state index in [4.69, 9.17) is 11.6 Å². The summed E-state index contributed by atoms with van der Waals surface area (Å²) in [7, 11) is 0. The molecule has 0 aliphatic heterocycles. The largest absolute Gasteiger partial charge is 0.772 e. The maximum absolute atomic E-state index is 10.7. The van der Waals surface area contributed by atoms with Crippen molar-refractivity contribution in [3.63, 3.8) is 0 Å². The Bertz CT molecular complexity index is 928. The van der Waals surface area contributed by atoms with Gasteiger partial charge in [-0.05, 0) is 35.7 Å². The van der Waals surface area contributed by atoms with Crippen molar-refractivity contribution >= 4 is 22.7 Å². The monoisotopic (exact) mass is 356 g/mol. The average molecular weight is 357 g/mol. The lowest BCUT2D eigenvalue weighted by atomic mass is 10.2. The van der Waals surface area contributed by atoms with E-state index in [1.807, 2.05) is 18.2 Å². The van der Waals surface area contributed by atoms with E-state index in [0.717, 1.165) is 5.69 Å². The summed E-state index contributed by atoms with van der Waals surface area (Å²) in [6.07, 6.45) is 3.39. The summed E-state index contributed by atoms with van der Waals surface area (Å²) in [5, 5.41) is 4.52. The zero-order chi connectivity index (χ0) is 16.9. The minimum atomic E-state index is -2.11. The molecule has 0 saturated carbocycles. The third-order valence-corrected chi connectivity index (χ3v) is 3.99. The van der Waals surface area contributed by atoms with Gasteiger partial charge in [-0.15, -0.1) is 0 Å². The van der Waals surface area contributed by atoms with Crippen LogP contribution in [0.3, 0.4) is 0 Å². The van der Waals surface area contributed by atoms with Gasteiger partial charge >= 0.3 is 0 Å². The lowest BCUT2D eigenvalue weighted by molar-refractivity contribution is 0.536. The molecule has 1 aromatic carbocycles. The van der Waals surface area contributed by atoms with Crippen LogP contribution in [0.25, 0.3) is 5.69 Å². The third kappa shape index (κ3) is 4.09. The number of halogens is 1. The van der Waals surface area contributed by atoms with E-state index in [9.17, 15) is 8.76 Å². The van der Waals surface area contributed by atoms with Gasteiger partial charge < -0.3 is 4.55 Å². The Balaban J connectivity index is 1.84. The molecule has 0 spiro atoms. The zero-order valence-electron chi connectivity index (χ0n) is 12.3. The van der Waals surface area contributed by atoms with Gasteiger partial charge in [0.15, 0.2) is 5.15 Å². The van der Waals surface area contributed by atoms with Crippen LogP contribution in [0.15, 0.2) is 54.9 Å². The summed E-state index contributed by atoms with van der Waals surface area (Å²) in [6, 6.07) is 12.5. The minimum Gasteiger partial charge on any atom is -0.772 e. The van der Waals surface area contributed by atoms with Crippen LogP contribution in [0.2, 0.25) is 5.15 Å². The van der Waals surface area contributed by atoms with Crippen molar-refractivity contribution in [2.45, 2.75) is 5.75 Å². The number of pyridine rings is 1. The summed E-state index contributed by atoms with van der Waals surface area (Å²) >= 11 is 4.02. The lowest BCUT2D eigenvalue weighted by Crippen LogP contribution is -1.97. The van der Waals surface area contributed by atoms with Crippen molar-refractivity contribution in [3.8, 4) is 17.5 Å². The first-order chi connectivity index (χ1) is 11.6. The van der Waals surface area contributed by atoms with E-state index in [1.165, 1.54) is 0 Å². The second-order valence-electron chi connectivity index (χ2n) is 4.86. The highest BCUT2D eigenvalue weighted by Gasteiger charge is 2.06. The molecule has 0 radical (unpaired) electrons. The molecular formula is C17H11ClN3O2S-. The summed E-state index contributed by atoms with van der Waals surface area (Å²) in [4.78, 5) is 4.13. The number of aromatic nitrogens is 3. The number of nitrogens with zero attached hydrogens (tertiary/aromatic N) is 3. The Labute approximate surface area is 146 Å². The van der Waals surface area contributed by atoms with Crippen molar-refractivity contribution < 1.29 is 8.76 Å². The molecule has 0 bridgehead atoms. The molecule has 3 aromatic rings. The smallest absolute Gasteiger partial charge is 0.167 e. The van der Waals surface area contributed by atoms with E-state index in [2.05, 4.69) is 21.9 Å². The fourth-order valence-electron chi connectivity index (χ4n) is 2.02. The highest BCUT2D eigenvalue weighted by Crippen LogP contribution is 2.17. The molecule has 24 heavy (non-hydrogen) atoms. The van der Waals surface area contributed by atoms with Gasteiger partial charge in [-0.2, -0.15) is 5.10 Å². The van der Waals surface area contributed by atoms with Gasteiger partial charge in [-0.1, -0.05) is 46.8 Å². The molecular weight excluding hydrogens is 346 g/mol. The highest BCUT2D eigenvalue weighted by molar-refractivity contribution is 7.78. The molecule has 2 heterocycles. The molecule has 1 unspecified atom stereocenters. The molecule has 0 aliphatic rings. The molecule has 120 valence electrons. The lowest BCUT2D eigenvalue weighted by Gasteiger charge is -2.06. The third-order valence-electron chi connectivity index (χ3n) is 3.14. The van der Waals surface area contributed by atoms with Crippen molar-refractivity contribution in [2.75, 3.05) is 0 Å². The van der Waals surface area contributed by atoms with Crippen LogP contribution in [-0.4, -0.2) is 23.5 Å². The Hall–Kier alpha value is -2.46. The standard InChI is InChI=1S/C17H12ClN3O2S/c18-17-14(6-7-15-3-1-2-10-19-15)11-21(20-17)16-8-4-13(5-9-16)12-24(22)23/h1-5,8-11H,12H2,(H,22,23)/p-1. The van der Waals surface area contributed by atoms with Gasteiger partial charge in [0.05, 0.1) is 11.3 Å². The Kier molecular flexibility index (Phi) is 5.06. The second kappa shape index (κ2) is 7.41. The maximum Gasteiger partial charge on any atom is 0.167 e. The average Bonchev–Trinajstić information content (AvgIpc) is 2.95. The van der Waals surface area contributed by atoms with Crippen molar-refractivity contribution in [1.82, 2.24) is 14.8 Å². The quantitative estimate of drug-likeness (QED) is 0.534. The van der Waals surface area contributed by atoms with Crippen LogP contribution in [0.4, 0.5) is 0 Å². The zero-order valence-corrected chi connectivity index (χ0v) is 13.9. The summed E-state index contributed by atoms with van der Waals surface area (Å²) in [5.74, 6) is 5.86. The van der Waals surface area contributed by atoms with Crippen LogP contribution >= 0.6 is 11.6 Å². The van der Waals surface area contributed by atoms with Crippen molar-refractivity contribution in [3.05, 3.63) is 76.8 Å². The van der Waals surface area contributed by atoms with Crippen LogP contribution in [0.1, 0.15) is 16.8 Å². The Morgan fingerprint density at radius 3 is 2.62 bits per heavy atom. The number of hydrogen-bond donors (Lipinski definition) is 0. The molecule has 5 nitrogen and oxygen atoms in total. The van der Waals surface area contributed by atoms with E-state index in [-0.39, 0.29) is 5.75 Å². The number of hydrogen-bond acceptors (Lipinski definition) is 4. The van der Waals surface area contributed by atoms with Gasteiger partial charge in [0.1, 0.15) is 5.69 Å². The van der Waals surface area contributed by atoms with Crippen LogP contribution in [-0.2, 0) is 16.8 Å². The van der Waals surface area contributed by atoms with Crippen molar-refractivity contribution in [1.29, 1.82) is 0 Å². The van der Waals surface area contributed by atoms with Crippen LogP contribution < -0.4 is 0 Å². The topological polar surface area (TPSA) is 70.8 Å². The Morgan fingerprint density at radius 1 is 1.17 bits per heavy atom. The fraction of sp³-hybridized carbons (Fsp3) is 0.0588. The molecule has 0 aliphatic carbocycles. The SMILES string of the molecule is O=S([O-])Cc1ccc(-n2cc(C#Cc3ccccn3)c(Cl)n2)cc1. The first-order valence-corrected chi connectivity index (χ1v) is 8.57. The van der Waals surface area contributed by atoms with Gasteiger partial charge in [0.2, 0.25) is 0 Å². The van der Waals surface area contributed by atoms with Gasteiger partial charge in [-0.3, -0.25) is 4.21 Å². The second-order valence-corrected chi connectivity index (χ2v) is 6.11. The van der Waals surface area contributed by atoms with E-state index in [0.29, 0.717) is 22.0 Å². The predicted molar refractivity (Wildman–Crippen MR) is 91.4 cm³/mol. The molecule has 7 heteroatoms. The molecule has 2 aromatic heterocycles. The van der Waals surface area contributed by atoms with E-state index >= 15 is 0 Å². The molecule has 3 rings (SSSR count). The van der Waals surface area contributed by atoms with Crippen LogP contribution in [0.5, 0.6) is 0 Å². The molecule has 0 N–H and O–H groups in total. The normalized spacial score (nSPS) is 11.6. The highest BCUT2D eigenvalue weighted by atomic mass is 35.5. The minimum absolute atomic E-state index is 0.0130. The van der Waals surface area contributed by atoms with Gasteiger partial charge in [0.25, 0.3) is 0 Å². The molecule has 1 atom stereocenters. The van der Waals surface area contributed by atoms with Gasteiger partial charge in [-0.25, -0.2) is 9.67 Å². The van der Waals surface area contributed by atoms with E-state index < -0.39 is 11.1 Å². The van der Waals surface area contributed by atoms with Crippen molar-refractivity contribution in [2.24, 2.45) is 0 Å². The first kappa shape index (κ1) is 16.4. The Morgan fingerprint density at radius 2 is 1.96 bits per heavy atom. The summed E-state index contributed by atoms with van der Waals surface area (Å²) in [5.41, 5.74) is 2.71. The maximum atomic E-state index is 10.7. The fourth-order valence-corrected chi connectivity index (χ4v) is 2.66.